The van der Waals surface area contributed by atoms with E-state index in [-0.39, 0.29) is 5.91 Å². The SMILES string of the molecule is N#Cc1ccc(Cc2cncn2C(=O)C(c2ccccc2)c2ccno2)cc1. The number of nitriles is 1. The minimum Gasteiger partial charge on any atom is -0.360 e. The second-order valence-corrected chi connectivity index (χ2v) is 6.34. The third kappa shape index (κ3) is 3.46. The van der Waals surface area contributed by atoms with Gasteiger partial charge in [-0.1, -0.05) is 47.6 Å². The van der Waals surface area contributed by atoms with Gasteiger partial charge in [-0.2, -0.15) is 5.26 Å². The summed E-state index contributed by atoms with van der Waals surface area (Å²) in [6.45, 7) is 0. The lowest BCUT2D eigenvalue weighted by molar-refractivity contribution is 0.0878. The Balaban J connectivity index is 1.67. The zero-order valence-electron chi connectivity index (χ0n) is 14.9. The molecule has 2 aromatic carbocycles. The normalized spacial score (nSPS) is 11.7. The number of rotatable bonds is 5. The molecular formula is C22H16N4O2. The summed E-state index contributed by atoms with van der Waals surface area (Å²) in [5.41, 5.74) is 3.17. The van der Waals surface area contributed by atoms with E-state index in [1.54, 1.807) is 29.0 Å². The molecule has 136 valence electrons. The topological polar surface area (TPSA) is 84.7 Å². The van der Waals surface area contributed by atoms with Gasteiger partial charge < -0.3 is 4.52 Å². The van der Waals surface area contributed by atoms with Gasteiger partial charge in [0.2, 0.25) is 5.91 Å². The number of nitrogens with zero attached hydrogens (tertiary/aromatic N) is 4. The molecule has 0 radical (unpaired) electrons. The Kier molecular flexibility index (Phi) is 4.81. The monoisotopic (exact) mass is 368 g/mol. The van der Waals surface area contributed by atoms with E-state index in [0.29, 0.717) is 17.7 Å². The minimum atomic E-state index is -0.613. The van der Waals surface area contributed by atoms with Crippen molar-refractivity contribution in [3.63, 3.8) is 0 Å². The summed E-state index contributed by atoms with van der Waals surface area (Å²) >= 11 is 0. The molecule has 6 nitrogen and oxygen atoms in total. The smallest absolute Gasteiger partial charge is 0.247 e. The first-order valence-electron chi connectivity index (χ1n) is 8.76. The molecule has 0 aliphatic carbocycles. The van der Waals surface area contributed by atoms with Gasteiger partial charge in [0.05, 0.1) is 17.8 Å². The molecular weight excluding hydrogens is 352 g/mol. The van der Waals surface area contributed by atoms with Crippen molar-refractivity contribution in [2.24, 2.45) is 0 Å². The maximum absolute atomic E-state index is 13.4. The van der Waals surface area contributed by atoms with E-state index in [1.165, 1.54) is 12.5 Å². The van der Waals surface area contributed by atoms with Crippen LogP contribution in [0.2, 0.25) is 0 Å². The van der Waals surface area contributed by atoms with Crippen LogP contribution in [-0.2, 0) is 6.42 Å². The Morgan fingerprint density at radius 2 is 1.89 bits per heavy atom. The van der Waals surface area contributed by atoms with Crippen molar-refractivity contribution in [1.82, 2.24) is 14.7 Å². The second-order valence-electron chi connectivity index (χ2n) is 6.34. The highest BCUT2D eigenvalue weighted by atomic mass is 16.5. The van der Waals surface area contributed by atoms with Crippen molar-refractivity contribution in [2.45, 2.75) is 12.3 Å². The number of aromatic nitrogens is 3. The zero-order chi connectivity index (χ0) is 19.3. The number of hydrogen-bond acceptors (Lipinski definition) is 5. The Labute approximate surface area is 161 Å². The maximum atomic E-state index is 13.4. The molecule has 6 heteroatoms. The fraction of sp³-hybridized carbons (Fsp3) is 0.0909. The van der Waals surface area contributed by atoms with Crippen molar-refractivity contribution >= 4 is 5.91 Å². The van der Waals surface area contributed by atoms with E-state index in [4.69, 9.17) is 9.78 Å². The van der Waals surface area contributed by atoms with E-state index >= 15 is 0 Å². The molecule has 0 saturated carbocycles. The molecule has 1 atom stereocenters. The van der Waals surface area contributed by atoms with Crippen molar-refractivity contribution in [3.8, 4) is 6.07 Å². The molecule has 0 fully saturated rings. The first-order chi connectivity index (χ1) is 13.8. The van der Waals surface area contributed by atoms with Crippen LogP contribution in [0.25, 0.3) is 0 Å². The summed E-state index contributed by atoms with van der Waals surface area (Å²) in [6, 6.07) is 20.5. The average Bonchev–Trinajstić information content (AvgIpc) is 3.42. The van der Waals surface area contributed by atoms with Gasteiger partial charge in [0.25, 0.3) is 0 Å². The molecule has 4 aromatic rings. The van der Waals surface area contributed by atoms with E-state index in [2.05, 4.69) is 16.2 Å². The molecule has 0 amide bonds. The lowest BCUT2D eigenvalue weighted by Crippen LogP contribution is -2.22. The van der Waals surface area contributed by atoms with Crippen LogP contribution in [0.3, 0.4) is 0 Å². The average molecular weight is 368 g/mol. The number of carbonyl (C=O) groups is 1. The molecule has 0 N–H and O–H groups in total. The fourth-order valence-corrected chi connectivity index (χ4v) is 3.15. The quantitative estimate of drug-likeness (QED) is 0.535. The predicted octanol–water partition coefficient (Wildman–Crippen LogP) is 3.81. The van der Waals surface area contributed by atoms with E-state index in [1.807, 2.05) is 42.5 Å². The maximum Gasteiger partial charge on any atom is 0.247 e. The molecule has 28 heavy (non-hydrogen) atoms. The molecule has 0 aliphatic rings. The first-order valence-corrected chi connectivity index (χ1v) is 8.76. The highest BCUT2D eigenvalue weighted by Crippen LogP contribution is 2.27. The minimum absolute atomic E-state index is 0.163. The van der Waals surface area contributed by atoms with Crippen LogP contribution in [0.1, 0.15) is 38.9 Å². The lowest BCUT2D eigenvalue weighted by atomic mass is 9.95. The summed E-state index contributed by atoms with van der Waals surface area (Å²) in [7, 11) is 0. The van der Waals surface area contributed by atoms with Gasteiger partial charge in [0.1, 0.15) is 12.2 Å². The Bertz CT molecular complexity index is 1110. The van der Waals surface area contributed by atoms with Gasteiger partial charge in [0.15, 0.2) is 5.76 Å². The van der Waals surface area contributed by atoms with Crippen LogP contribution in [0, 0.1) is 11.3 Å². The molecule has 2 aromatic heterocycles. The van der Waals surface area contributed by atoms with Gasteiger partial charge >= 0.3 is 0 Å². The van der Waals surface area contributed by atoms with Gasteiger partial charge in [-0.15, -0.1) is 0 Å². The largest absolute Gasteiger partial charge is 0.360 e. The van der Waals surface area contributed by atoms with Crippen LogP contribution >= 0.6 is 0 Å². The van der Waals surface area contributed by atoms with Crippen molar-refractivity contribution < 1.29 is 9.32 Å². The molecule has 0 bridgehead atoms. The number of carbonyl (C=O) groups excluding carboxylic acids is 1. The molecule has 4 rings (SSSR count). The highest BCUT2D eigenvalue weighted by Gasteiger charge is 2.28. The Morgan fingerprint density at radius 1 is 1.11 bits per heavy atom. The predicted molar refractivity (Wildman–Crippen MR) is 102 cm³/mol. The summed E-state index contributed by atoms with van der Waals surface area (Å²) in [4.78, 5) is 17.6. The van der Waals surface area contributed by atoms with Crippen LogP contribution in [-0.4, -0.2) is 20.6 Å². The number of hydrogen-bond donors (Lipinski definition) is 0. The Hall–Kier alpha value is -3.98. The summed E-state index contributed by atoms with van der Waals surface area (Å²) in [5.74, 6) is -0.295. The lowest BCUT2D eigenvalue weighted by Gasteiger charge is -2.15. The summed E-state index contributed by atoms with van der Waals surface area (Å²) in [6.07, 6.45) is 5.26. The Morgan fingerprint density at radius 3 is 2.57 bits per heavy atom. The number of benzene rings is 2. The van der Waals surface area contributed by atoms with E-state index in [0.717, 1.165) is 16.8 Å². The van der Waals surface area contributed by atoms with Gasteiger partial charge in [-0.3, -0.25) is 9.36 Å². The third-order valence-corrected chi connectivity index (χ3v) is 4.54. The van der Waals surface area contributed by atoms with E-state index in [9.17, 15) is 4.79 Å². The van der Waals surface area contributed by atoms with Crippen LogP contribution in [0.4, 0.5) is 0 Å². The first kappa shape index (κ1) is 17.4. The molecule has 1 unspecified atom stereocenters. The number of imidazole rings is 1. The van der Waals surface area contributed by atoms with Gasteiger partial charge in [-0.05, 0) is 23.3 Å². The van der Waals surface area contributed by atoms with Crippen molar-refractivity contribution in [1.29, 1.82) is 5.26 Å². The summed E-state index contributed by atoms with van der Waals surface area (Å²) in [5, 5.41) is 12.7. The van der Waals surface area contributed by atoms with Gasteiger partial charge in [-0.25, -0.2) is 4.98 Å². The molecule has 0 saturated heterocycles. The van der Waals surface area contributed by atoms with E-state index < -0.39 is 5.92 Å². The van der Waals surface area contributed by atoms with Crippen LogP contribution < -0.4 is 0 Å². The zero-order valence-corrected chi connectivity index (χ0v) is 14.9. The molecule has 0 spiro atoms. The fourth-order valence-electron chi connectivity index (χ4n) is 3.15. The standard InChI is InChI=1S/C22H16N4O2/c23-13-17-8-6-16(7-9-17)12-19-14-24-15-26(19)22(27)21(20-10-11-25-28-20)18-4-2-1-3-5-18/h1-11,14-15,21H,12H2. The van der Waals surface area contributed by atoms with Crippen LogP contribution in [0.15, 0.2) is 83.9 Å². The summed E-state index contributed by atoms with van der Waals surface area (Å²) < 4.78 is 6.87. The van der Waals surface area contributed by atoms with Crippen LogP contribution in [0.5, 0.6) is 0 Å². The third-order valence-electron chi connectivity index (χ3n) is 4.54. The highest BCUT2D eigenvalue weighted by molar-refractivity contribution is 5.89. The second kappa shape index (κ2) is 7.72. The molecule has 2 heterocycles. The molecule has 0 aliphatic heterocycles. The van der Waals surface area contributed by atoms with Gasteiger partial charge in [0, 0.05) is 24.4 Å². The van der Waals surface area contributed by atoms with Crippen molar-refractivity contribution in [3.05, 3.63) is 108 Å². The van der Waals surface area contributed by atoms with Crippen molar-refractivity contribution in [2.75, 3.05) is 0 Å².